The first-order valence-corrected chi connectivity index (χ1v) is 8.04. The molecule has 0 aliphatic carbocycles. The molecule has 1 unspecified atom stereocenters. The van der Waals surface area contributed by atoms with E-state index in [2.05, 4.69) is 15.5 Å². The van der Waals surface area contributed by atoms with Crippen LogP contribution in [-0.4, -0.2) is 54.7 Å². The van der Waals surface area contributed by atoms with Gasteiger partial charge in [-0.3, -0.25) is 4.79 Å². The van der Waals surface area contributed by atoms with Gasteiger partial charge >= 0.3 is 12.0 Å². The zero-order valence-electron chi connectivity index (χ0n) is 13.1. The number of piperidine rings is 1. The van der Waals surface area contributed by atoms with Crippen LogP contribution in [-0.2, 0) is 4.79 Å². The molecule has 122 valence electrons. The molecular formula is C15H29N3O3. The standard InChI is InChI=1S/C15H29N3O3/c1-13(5-6-14(19)20)7-8-16-15(21)17-9-12-18-10-3-2-4-11-18/h13H,2-12H2,1H3,(H,19,20)(H2,16,17,21). The second kappa shape index (κ2) is 10.4. The smallest absolute Gasteiger partial charge is 0.314 e. The first-order chi connectivity index (χ1) is 10.1. The van der Waals surface area contributed by atoms with E-state index in [0.717, 1.165) is 26.1 Å². The van der Waals surface area contributed by atoms with Crippen LogP contribution in [0.1, 0.15) is 45.4 Å². The van der Waals surface area contributed by atoms with Crippen molar-refractivity contribution in [2.75, 3.05) is 32.7 Å². The average Bonchev–Trinajstić information content (AvgIpc) is 2.46. The Kier molecular flexibility index (Phi) is 8.82. The minimum atomic E-state index is -0.759. The molecular weight excluding hydrogens is 270 g/mol. The summed E-state index contributed by atoms with van der Waals surface area (Å²) in [6, 6.07) is -0.127. The zero-order chi connectivity index (χ0) is 15.5. The summed E-state index contributed by atoms with van der Waals surface area (Å²) in [7, 11) is 0. The molecule has 1 atom stereocenters. The first-order valence-electron chi connectivity index (χ1n) is 8.04. The molecule has 0 spiro atoms. The number of hydrogen-bond donors (Lipinski definition) is 3. The largest absolute Gasteiger partial charge is 0.481 e. The summed E-state index contributed by atoms with van der Waals surface area (Å²) in [5, 5.41) is 14.3. The Morgan fingerprint density at radius 2 is 1.76 bits per heavy atom. The third-order valence-corrected chi connectivity index (χ3v) is 3.94. The van der Waals surface area contributed by atoms with Gasteiger partial charge < -0.3 is 20.6 Å². The number of carbonyl (C=O) groups is 2. The molecule has 6 heteroatoms. The highest BCUT2D eigenvalue weighted by molar-refractivity contribution is 5.73. The summed E-state index contributed by atoms with van der Waals surface area (Å²) in [6.07, 6.45) is 5.52. The van der Waals surface area contributed by atoms with Gasteiger partial charge in [-0.25, -0.2) is 4.79 Å². The van der Waals surface area contributed by atoms with Crippen molar-refractivity contribution in [2.45, 2.75) is 45.4 Å². The van der Waals surface area contributed by atoms with Crippen LogP contribution in [0.2, 0.25) is 0 Å². The number of amides is 2. The Bertz CT molecular complexity index is 317. The molecule has 3 N–H and O–H groups in total. The fourth-order valence-corrected chi connectivity index (χ4v) is 2.52. The van der Waals surface area contributed by atoms with Crippen molar-refractivity contribution in [1.29, 1.82) is 0 Å². The van der Waals surface area contributed by atoms with E-state index >= 15 is 0 Å². The molecule has 0 bridgehead atoms. The third-order valence-electron chi connectivity index (χ3n) is 3.94. The van der Waals surface area contributed by atoms with E-state index in [1.54, 1.807) is 0 Å². The molecule has 21 heavy (non-hydrogen) atoms. The summed E-state index contributed by atoms with van der Waals surface area (Å²) in [4.78, 5) is 24.4. The van der Waals surface area contributed by atoms with Gasteiger partial charge in [-0.15, -0.1) is 0 Å². The van der Waals surface area contributed by atoms with Crippen LogP contribution in [0.25, 0.3) is 0 Å². The Hall–Kier alpha value is -1.30. The summed E-state index contributed by atoms with van der Waals surface area (Å²) >= 11 is 0. The number of aliphatic carboxylic acids is 1. The number of carbonyl (C=O) groups excluding carboxylic acids is 1. The van der Waals surface area contributed by atoms with Gasteiger partial charge in [-0.05, 0) is 44.7 Å². The molecule has 0 aromatic rings. The lowest BCUT2D eigenvalue weighted by molar-refractivity contribution is -0.137. The molecule has 0 saturated carbocycles. The summed E-state index contributed by atoms with van der Waals surface area (Å²) in [5.74, 6) is -0.444. The lowest BCUT2D eigenvalue weighted by Gasteiger charge is -2.26. The number of carboxylic acids is 1. The molecule has 0 aromatic heterocycles. The van der Waals surface area contributed by atoms with Crippen molar-refractivity contribution in [1.82, 2.24) is 15.5 Å². The van der Waals surface area contributed by atoms with E-state index in [1.165, 1.54) is 19.3 Å². The molecule has 0 radical (unpaired) electrons. The molecule has 1 saturated heterocycles. The van der Waals surface area contributed by atoms with Crippen molar-refractivity contribution in [3.8, 4) is 0 Å². The van der Waals surface area contributed by atoms with Crippen molar-refractivity contribution < 1.29 is 14.7 Å². The highest BCUT2D eigenvalue weighted by Gasteiger charge is 2.10. The topological polar surface area (TPSA) is 81.7 Å². The lowest BCUT2D eigenvalue weighted by Crippen LogP contribution is -2.42. The number of hydrogen-bond acceptors (Lipinski definition) is 3. The van der Waals surface area contributed by atoms with Crippen molar-refractivity contribution in [3.63, 3.8) is 0 Å². The van der Waals surface area contributed by atoms with Crippen molar-refractivity contribution >= 4 is 12.0 Å². The molecule has 1 fully saturated rings. The summed E-state index contributed by atoms with van der Waals surface area (Å²) in [5.41, 5.74) is 0. The van der Waals surface area contributed by atoms with Gasteiger partial charge in [0.05, 0.1) is 0 Å². The number of nitrogens with zero attached hydrogens (tertiary/aromatic N) is 1. The summed E-state index contributed by atoms with van der Waals surface area (Å²) in [6.45, 7) is 6.49. The van der Waals surface area contributed by atoms with E-state index < -0.39 is 5.97 Å². The second-order valence-electron chi connectivity index (χ2n) is 5.91. The highest BCUT2D eigenvalue weighted by atomic mass is 16.4. The van der Waals surface area contributed by atoms with Gasteiger partial charge in [-0.1, -0.05) is 13.3 Å². The second-order valence-corrected chi connectivity index (χ2v) is 5.91. The molecule has 1 heterocycles. The normalized spacial score (nSPS) is 17.2. The fourth-order valence-electron chi connectivity index (χ4n) is 2.52. The number of nitrogens with one attached hydrogen (secondary N) is 2. The van der Waals surface area contributed by atoms with Crippen LogP contribution in [0.15, 0.2) is 0 Å². The number of carboxylic acid groups (broad SMARTS) is 1. The van der Waals surface area contributed by atoms with Gasteiger partial charge in [0.2, 0.25) is 0 Å². The lowest BCUT2D eigenvalue weighted by atomic mass is 10.0. The van der Waals surface area contributed by atoms with Crippen LogP contribution in [0, 0.1) is 5.92 Å². The molecule has 6 nitrogen and oxygen atoms in total. The predicted molar refractivity (Wildman–Crippen MR) is 82.3 cm³/mol. The van der Waals surface area contributed by atoms with Crippen LogP contribution >= 0.6 is 0 Å². The average molecular weight is 299 g/mol. The quantitative estimate of drug-likeness (QED) is 0.605. The number of rotatable bonds is 9. The maximum absolute atomic E-state index is 11.6. The number of urea groups is 1. The van der Waals surface area contributed by atoms with E-state index in [4.69, 9.17) is 5.11 Å². The fraction of sp³-hybridized carbons (Fsp3) is 0.867. The summed E-state index contributed by atoms with van der Waals surface area (Å²) < 4.78 is 0. The molecule has 2 amide bonds. The molecule has 1 rings (SSSR count). The van der Waals surface area contributed by atoms with E-state index in [-0.39, 0.29) is 12.5 Å². The maximum atomic E-state index is 11.6. The van der Waals surface area contributed by atoms with Gasteiger partial charge in [-0.2, -0.15) is 0 Å². The van der Waals surface area contributed by atoms with Crippen LogP contribution in [0.5, 0.6) is 0 Å². The Balaban J connectivity index is 1.96. The minimum absolute atomic E-state index is 0.127. The van der Waals surface area contributed by atoms with E-state index in [0.29, 0.717) is 25.4 Å². The van der Waals surface area contributed by atoms with Crippen LogP contribution in [0.3, 0.4) is 0 Å². The van der Waals surface area contributed by atoms with Gasteiger partial charge in [0, 0.05) is 26.1 Å². The third kappa shape index (κ3) is 9.28. The number of likely N-dealkylation sites (tertiary alicyclic amines) is 1. The van der Waals surface area contributed by atoms with Crippen molar-refractivity contribution in [3.05, 3.63) is 0 Å². The Morgan fingerprint density at radius 1 is 1.10 bits per heavy atom. The molecule has 0 aromatic carbocycles. The van der Waals surface area contributed by atoms with Gasteiger partial charge in [0.1, 0.15) is 0 Å². The van der Waals surface area contributed by atoms with Crippen molar-refractivity contribution in [2.24, 2.45) is 5.92 Å². The SMILES string of the molecule is CC(CCNC(=O)NCCN1CCCCC1)CCC(=O)O. The predicted octanol–water partition coefficient (Wildman–Crippen LogP) is 1.66. The molecule has 1 aliphatic heterocycles. The van der Waals surface area contributed by atoms with Gasteiger partial charge in [0.25, 0.3) is 0 Å². The van der Waals surface area contributed by atoms with E-state index in [1.807, 2.05) is 6.92 Å². The van der Waals surface area contributed by atoms with E-state index in [9.17, 15) is 9.59 Å². The Morgan fingerprint density at radius 3 is 2.43 bits per heavy atom. The van der Waals surface area contributed by atoms with Crippen LogP contribution < -0.4 is 10.6 Å². The minimum Gasteiger partial charge on any atom is -0.481 e. The molecule has 1 aliphatic rings. The first kappa shape index (κ1) is 17.8. The maximum Gasteiger partial charge on any atom is 0.314 e. The monoisotopic (exact) mass is 299 g/mol. The zero-order valence-corrected chi connectivity index (χ0v) is 13.1. The highest BCUT2D eigenvalue weighted by Crippen LogP contribution is 2.09. The van der Waals surface area contributed by atoms with Crippen LogP contribution in [0.4, 0.5) is 4.79 Å². The Labute approximate surface area is 127 Å². The van der Waals surface area contributed by atoms with Gasteiger partial charge in [0.15, 0.2) is 0 Å².